The summed E-state index contributed by atoms with van der Waals surface area (Å²) in [5, 5.41) is 0. The van der Waals surface area contributed by atoms with Gasteiger partial charge in [-0.25, -0.2) is 0 Å². The SMILES string of the molecule is BrC1=C(C2C=CC=C2)CCC=CCC1. The predicted molar refractivity (Wildman–Crippen MR) is 65.3 cm³/mol. The molecule has 0 aromatic heterocycles. The van der Waals surface area contributed by atoms with Crippen molar-refractivity contribution < 1.29 is 0 Å². The molecule has 0 aromatic rings. The topological polar surface area (TPSA) is 0 Å². The van der Waals surface area contributed by atoms with E-state index in [1.54, 1.807) is 5.57 Å². The molecule has 0 atom stereocenters. The fraction of sp³-hybridized carbons (Fsp3) is 0.385. The Kier molecular flexibility index (Phi) is 3.41. The molecular formula is C13H15Br. The maximum absolute atomic E-state index is 3.73. The Balaban J connectivity index is 2.16. The molecule has 2 aliphatic rings. The molecule has 74 valence electrons. The molecule has 0 spiro atoms. The lowest BCUT2D eigenvalue weighted by molar-refractivity contribution is 0.813. The van der Waals surface area contributed by atoms with Crippen molar-refractivity contribution in [3.8, 4) is 0 Å². The molecular weight excluding hydrogens is 236 g/mol. The highest BCUT2D eigenvalue weighted by atomic mass is 79.9. The van der Waals surface area contributed by atoms with Crippen LogP contribution in [0, 0.1) is 5.92 Å². The van der Waals surface area contributed by atoms with E-state index in [0.29, 0.717) is 5.92 Å². The van der Waals surface area contributed by atoms with E-state index in [-0.39, 0.29) is 0 Å². The summed E-state index contributed by atoms with van der Waals surface area (Å²) in [5.74, 6) is 0.552. The fourth-order valence-corrected chi connectivity index (χ4v) is 2.68. The van der Waals surface area contributed by atoms with Crippen molar-refractivity contribution in [3.63, 3.8) is 0 Å². The summed E-state index contributed by atoms with van der Waals surface area (Å²) in [7, 11) is 0. The molecule has 14 heavy (non-hydrogen) atoms. The third-order valence-corrected chi connectivity index (χ3v) is 3.68. The van der Waals surface area contributed by atoms with Gasteiger partial charge in [0.1, 0.15) is 0 Å². The second-order valence-corrected chi connectivity index (χ2v) is 4.73. The second-order valence-electron chi connectivity index (χ2n) is 3.77. The van der Waals surface area contributed by atoms with Crippen LogP contribution in [0.15, 0.2) is 46.5 Å². The Morgan fingerprint density at radius 1 is 1.00 bits per heavy atom. The Hall–Kier alpha value is -0.560. The first-order chi connectivity index (χ1) is 6.88. The van der Waals surface area contributed by atoms with E-state index in [0.717, 1.165) is 6.42 Å². The van der Waals surface area contributed by atoms with Gasteiger partial charge in [0.2, 0.25) is 0 Å². The zero-order valence-electron chi connectivity index (χ0n) is 8.25. The number of halogens is 1. The summed E-state index contributed by atoms with van der Waals surface area (Å²) >= 11 is 3.73. The van der Waals surface area contributed by atoms with Crippen LogP contribution in [0.3, 0.4) is 0 Å². The summed E-state index contributed by atoms with van der Waals surface area (Å²) in [6.45, 7) is 0. The summed E-state index contributed by atoms with van der Waals surface area (Å²) in [6.07, 6.45) is 18.1. The number of rotatable bonds is 1. The zero-order chi connectivity index (χ0) is 9.80. The molecule has 0 aromatic carbocycles. The minimum absolute atomic E-state index is 0.552. The minimum atomic E-state index is 0.552. The predicted octanol–water partition coefficient (Wildman–Crippen LogP) is 4.51. The molecule has 2 rings (SSSR count). The molecule has 0 saturated carbocycles. The molecule has 0 fully saturated rings. The van der Waals surface area contributed by atoms with Gasteiger partial charge in [-0.05, 0) is 35.7 Å². The molecule has 0 heterocycles. The number of allylic oxidation sites excluding steroid dienone is 8. The third kappa shape index (κ3) is 2.27. The molecule has 2 aliphatic carbocycles. The van der Waals surface area contributed by atoms with E-state index in [2.05, 4.69) is 52.4 Å². The van der Waals surface area contributed by atoms with Gasteiger partial charge in [-0.15, -0.1) is 0 Å². The van der Waals surface area contributed by atoms with Crippen molar-refractivity contribution in [2.75, 3.05) is 0 Å². The average molecular weight is 251 g/mol. The monoisotopic (exact) mass is 250 g/mol. The van der Waals surface area contributed by atoms with Crippen LogP contribution in [0.1, 0.15) is 25.7 Å². The van der Waals surface area contributed by atoms with Gasteiger partial charge in [-0.3, -0.25) is 0 Å². The van der Waals surface area contributed by atoms with Crippen molar-refractivity contribution in [3.05, 3.63) is 46.5 Å². The Morgan fingerprint density at radius 3 is 2.36 bits per heavy atom. The molecule has 1 heteroatoms. The normalized spacial score (nSPS) is 22.9. The maximum Gasteiger partial charge on any atom is 0.0174 e. The van der Waals surface area contributed by atoms with Crippen molar-refractivity contribution >= 4 is 15.9 Å². The van der Waals surface area contributed by atoms with E-state index < -0.39 is 0 Å². The van der Waals surface area contributed by atoms with Crippen LogP contribution in [0.2, 0.25) is 0 Å². The van der Waals surface area contributed by atoms with Crippen LogP contribution in [-0.2, 0) is 0 Å². The van der Waals surface area contributed by atoms with Gasteiger partial charge in [0.25, 0.3) is 0 Å². The van der Waals surface area contributed by atoms with Crippen molar-refractivity contribution in [1.29, 1.82) is 0 Å². The fourth-order valence-electron chi connectivity index (χ4n) is 1.99. The van der Waals surface area contributed by atoms with Crippen LogP contribution in [0.4, 0.5) is 0 Å². The highest BCUT2D eigenvalue weighted by Crippen LogP contribution is 2.32. The Labute approximate surface area is 94.2 Å². The zero-order valence-corrected chi connectivity index (χ0v) is 9.83. The molecule has 0 radical (unpaired) electrons. The number of hydrogen-bond donors (Lipinski definition) is 0. The molecule has 0 nitrogen and oxygen atoms in total. The van der Waals surface area contributed by atoms with E-state index in [1.807, 2.05) is 0 Å². The van der Waals surface area contributed by atoms with E-state index in [1.165, 1.54) is 23.7 Å². The second kappa shape index (κ2) is 4.79. The lowest BCUT2D eigenvalue weighted by Crippen LogP contribution is -1.99. The summed E-state index contributed by atoms with van der Waals surface area (Å²) in [4.78, 5) is 0. The van der Waals surface area contributed by atoms with E-state index in [9.17, 15) is 0 Å². The van der Waals surface area contributed by atoms with Crippen LogP contribution in [0.5, 0.6) is 0 Å². The van der Waals surface area contributed by atoms with E-state index in [4.69, 9.17) is 0 Å². The van der Waals surface area contributed by atoms with Gasteiger partial charge in [0.15, 0.2) is 0 Å². The first kappa shape index (κ1) is 9.97. The average Bonchev–Trinajstić information content (AvgIpc) is 2.65. The smallest absolute Gasteiger partial charge is 0.0174 e. The molecule has 0 saturated heterocycles. The van der Waals surface area contributed by atoms with Gasteiger partial charge in [-0.1, -0.05) is 52.4 Å². The molecule has 0 N–H and O–H groups in total. The van der Waals surface area contributed by atoms with Gasteiger partial charge in [0, 0.05) is 5.92 Å². The van der Waals surface area contributed by atoms with Gasteiger partial charge in [0.05, 0.1) is 0 Å². The van der Waals surface area contributed by atoms with Gasteiger partial charge >= 0.3 is 0 Å². The quantitative estimate of drug-likeness (QED) is 0.601. The highest BCUT2D eigenvalue weighted by molar-refractivity contribution is 9.11. The molecule has 0 unspecified atom stereocenters. The lowest BCUT2D eigenvalue weighted by atomic mass is 9.93. The first-order valence-electron chi connectivity index (χ1n) is 5.25. The maximum atomic E-state index is 3.73. The van der Waals surface area contributed by atoms with Crippen molar-refractivity contribution in [1.82, 2.24) is 0 Å². The molecule has 0 bridgehead atoms. The van der Waals surface area contributed by atoms with Crippen LogP contribution in [0.25, 0.3) is 0 Å². The van der Waals surface area contributed by atoms with Crippen LogP contribution in [-0.4, -0.2) is 0 Å². The lowest BCUT2D eigenvalue weighted by Gasteiger charge is -2.15. The molecule has 0 amide bonds. The van der Waals surface area contributed by atoms with E-state index >= 15 is 0 Å². The summed E-state index contributed by atoms with van der Waals surface area (Å²) in [6, 6.07) is 0. The van der Waals surface area contributed by atoms with Gasteiger partial charge in [-0.2, -0.15) is 0 Å². The minimum Gasteiger partial charge on any atom is -0.0882 e. The largest absolute Gasteiger partial charge is 0.0882 e. The molecule has 0 aliphatic heterocycles. The Morgan fingerprint density at radius 2 is 1.64 bits per heavy atom. The van der Waals surface area contributed by atoms with Crippen molar-refractivity contribution in [2.45, 2.75) is 25.7 Å². The van der Waals surface area contributed by atoms with Crippen LogP contribution < -0.4 is 0 Å². The van der Waals surface area contributed by atoms with Gasteiger partial charge < -0.3 is 0 Å². The standard InChI is InChI=1S/C13H15Br/c14-13-10-4-2-1-3-9-12(13)11-7-5-6-8-11/h1-2,5-8,11H,3-4,9-10H2. The Bertz CT molecular complexity index is 306. The summed E-state index contributed by atoms with van der Waals surface area (Å²) in [5.41, 5.74) is 1.57. The summed E-state index contributed by atoms with van der Waals surface area (Å²) < 4.78 is 1.42. The highest BCUT2D eigenvalue weighted by Gasteiger charge is 2.14. The van der Waals surface area contributed by atoms with Crippen molar-refractivity contribution in [2.24, 2.45) is 5.92 Å². The first-order valence-corrected chi connectivity index (χ1v) is 6.04. The third-order valence-electron chi connectivity index (χ3n) is 2.78. The number of hydrogen-bond acceptors (Lipinski definition) is 0. The van der Waals surface area contributed by atoms with Crippen LogP contribution >= 0.6 is 15.9 Å².